The maximum absolute atomic E-state index is 11.0. The quantitative estimate of drug-likeness (QED) is 0.449. The second-order valence-corrected chi connectivity index (χ2v) is 4.48. The molecule has 1 atom stereocenters. The van der Waals surface area contributed by atoms with Gasteiger partial charge in [-0.25, -0.2) is 0 Å². The molecule has 0 amide bonds. The highest BCUT2D eigenvalue weighted by Gasteiger charge is 2.16. The zero-order valence-corrected chi connectivity index (χ0v) is 11.7. The van der Waals surface area contributed by atoms with Crippen LogP contribution in [-0.4, -0.2) is 35.5 Å². The van der Waals surface area contributed by atoms with Gasteiger partial charge in [-0.1, -0.05) is 13.8 Å². The highest BCUT2D eigenvalue weighted by Crippen LogP contribution is 2.26. The number of nitrogens with zero attached hydrogens (tertiary/aromatic N) is 2. The van der Waals surface area contributed by atoms with Crippen LogP contribution in [0.1, 0.15) is 20.8 Å². The molecule has 0 fully saturated rings. The van der Waals surface area contributed by atoms with Crippen LogP contribution in [0.2, 0.25) is 0 Å². The smallest absolute Gasteiger partial charge is 0.294 e. The first-order valence-electron chi connectivity index (χ1n) is 6.51. The van der Waals surface area contributed by atoms with Crippen LogP contribution in [0.15, 0.2) is 18.2 Å². The Morgan fingerprint density at radius 3 is 2.58 bits per heavy atom. The van der Waals surface area contributed by atoms with Crippen molar-refractivity contribution in [3.05, 3.63) is 28.3 Å². The highest BCUT2D eigenvalue weighted by molar-refractivity contribution is 5.66. The molecule has 1 unspecified atom stereocenters. The molecule has 0 radical (unpaired) electrons. The molecule has 6 heteroatoms. The van der Waals surface area contributed by atoms with Crippen molar-refractivity contribution in [1.82, 2.24) is 4.90 Å². The van der Waals surface area contributed by atoms with Crippen LogP contribution < -0.4 is 11.1 Å². The zero-order chi connectivity index (χ0) is 14.4. The summed E-state index contributed by atoms with van der Waals surface area (Å²) >= 11 is 0. The van der Waals surface area contributed by atoms with Crippen LogP contribution in [-0.2, 0) is 0 Å². The lowest BCUT2D eigenvalue weighted by Crippen LogP contribution is -2.37. The first-order valence-corrected chi connectivity index (χ1v) is 6.51. The fourth-order valence-corrected chi connectivity index (χ4v) is 2.08. The van der Waals surface area contributed by atoms with Gasteiger partial charge in [-0.05, 0) is 32.1 Å². The number of hydrogen-bond acceptors (Lipinski definition) is 5. The van der Waals surface area contributed by atoms with Crippen LogP contribution in [0.3, 0.4) is 0 Å². The summed E-state index contributed by atoms with van der Waals surface area (Å²) in [7, 11) is 0. The van der Waals surface area contributed by atoms with Crippen LogP contribution in [0.25, 0.3) is 0 Å². The van der Waals surface area contributed by atoms with E-state index in [1.807, 2.05) is 0 Å². The van der Waals surface area contributed by atoms with Crippen molar-refractivity contribution in [1.29, 1.82) is 0 Å². The molecule has 0 saturated carbocycles. The minimum Gasteiger partial charge on any atom is -0.399 e. The molecule has 6 nitrogen and oxygen atoms in total. The van der Waals surface area contributed by atoms with Crippen molar-refractivity contribution >= 4 is 17.1 Å². The van der Waals surface area contributed by atoms with E-state index in [2.05, 4.69) is 31.0 Å². The molecule has 0 aliphatic carbocycles. The number of benzene rings is 1. The maximum atomic E-state index is 11.0. The average molecular weight is 266 g/mol. The lowest BCUT2D eigenvalue weighted by Gasteiger charge is -2.26. The third-order valence-electron chi connectivity index (χ3n) is 3.24. The first-order chi connectivity index (χ1) is 8.99. The summed E-state index contributed by atoms with van der Waals surface area (Å²) in [5.74, 6) is 0. The van der Waals surface area contributed by atoms with E-state index >= 15 is 0 Å². The number of nitro benzene ring substituents is 1. The minimum absolute atomic E-state index is 0.0201. The van der Waals surface area contributed by atoms with Crippen molar-refractivity contribution in [3.8, 4) is 0 Å². The third-order valence-corrected chi connectivity index (χ3v) is 3.24. The number of nitrogens with two attached hydrogens (primary N) is 1. The molecule has 0 bridgehead atoms. The molecule has 3 N–H and O–H groups in total. The predicted molar refractivity (Wildman–Crippen MR) is 78.4 cm³/mol. The molecule has 0 aromatic heterocycles. The van der Waals surface area contributed by atoms with E-state index in [0.717, 1.165) is 13.1 Å². The van der Waals surface area contributed by atoms with Crippen LogP contribution in [0, 0.1) is 10.1 Å². The molecule has 0 aliphatic heterocycles. The van der Waals surface area contributed by atoms with E-state index in [9.17, 15) is 10.1 Å². The van der Waals surface area contributed by atoms with Gasteiger partial charge in [-0.15, -0.1) is 0 Å². The van der Waals surface area contributed by atoms with Crippen LogP contribution >= 0.6 is 0 Å². The molecule has 1 aromatic carbocycles. The van der Waals surface area contributed by atoms with Gasteiger partial charge in [0.05, 0.1) is 4.92 Å². The fraction of sp³-hybridized carbons (Fsp3) is 0.538. The standard InChI is InChI=1S/C13H22N4O2/c1-4-16(5-2)10(3)9-15-12-7-6-11(14)8-13(12)17(18)19/h6-8,10,15H,4-5,9,14H2,1-3H3. The number of anilines is 2. The van der Waals surface area contributed by atoms with E-state index in [4.69, 9.17) is 5.73 Å². The van der Waals surface area contributed by atoms with Gasteiger partial charge in [-0.3, -0.25) is 15.0 Å². The average Bonchev–Trinajstić information content (AvgIpc) is 2.38. The van der Waals surface area contributed by atoms with Crippen molar-refractivity contribution in [2.75, 3.05) is 30.7 Å². The molecule has 1 aromatic rings. The molecule has 0 saturated heterocycles. The number of nitrogens with one attached hydrogen (secondary N) is 1. The molecule has 0 aliphatic rings. The van der Waals surface area contributed by atoms with Crippen LogP contribution in [0.4, 0.5) is 17.1 Å². The van der Waals surface area contributed by atoms with Gasteiger partial charge in [-0.2, -0.15) is 0 Å². The van der Waals surface area contributed by atoms with Crippen molar-refractivity contribution in [2.24, 2.45) is 0 Å². The topological polar surface area (TPSA) is 84.4 Å². The van der Waals surface area contributed by atoms with Gasteiger partial charge in [0, 0.05) is 24.3 Å². The maximum Gasteiger partial charge on any atom is 0.294 e. The Morgan fingerprint density at radius 2 is 2.05 bits per heavy atom. The largest absolute Gasteiger partial charge is 0.399 e. The Labute approximate surface area is 113 Å². The van der Waals surface area contributed by atoms with E-state index in [-0.39, 0.29) is 5.69 Å². The number of hydrogen-bond donors (Lipinski definition) is 2. The number of rotatable bonds is 7. The van der Waals surface area contributed by atoms with Gasteiger partial charge in [0.2, 0.25) is 0 Å². The van der Waals surface area contributed by atoms with Crippen LogP contribution in [0.5, 0.6) is 0 Å². The Bertz CT molecular complexity index is 433. The van der Waals surface area contributed by atoms with E-state index in [1.54, 1.807) is 12.1 Å². The molecule has 1 rings (SSSR count). The molecule has 0 spiro atoms. The summed E-state index contributed by atoms with van der Waals surface area (Å²) in [6.07, 6.45) is 0. The fourth-order valence-electron chi connectivity index (χ4n) is 2.08. The molecular formula is C13H22N4O2. The minimum atomic E-state index is -0.416. The summed E-state index contributed by atoms with van der Waals surface area (Å²) in [4.78, 5) is 12.8. The normalized spacial score (nSPS) is 12.4. The number of nitrogen functional groups attached to an aromatic ring is 1. The van der Waals surface area contributed by atoms with E-state index in [1.165, 1.54) is 6.07 Å². The van der Waals surface area contributed by atoms with Gasteiger partial charge in [0.15, 0.2) is 0 Å². The highest BCUT2D eigenvalue weighted by atomic mass is 16.6. The predicted octanol–water partition coefficient (Wildman–Crippen LogP) is 2.32. The lowest BCUT2D eigenvalue weighted by atomic mass is 10.2. The summed E-state index contributed by atoms with van der Waals surface area (Å²) in [6.45, 7) is 8.89. The second-order valence-electron chi connectivity index (χ2n) is 4.48. The van der Waals surface area contributed by atoms with E-state index < -0.39 is 4.92 Å². The third kappa shape index (κ3) is 4.10. The monoisotopic (exact) mass is 266 g/mol. The van der Waals surface area contributed by atoms with E-state index in [0.29, 0.717) is 24.0 Å². The Hall–Kier alpha value is -1.82. The van der Waals surface area contributed by atoms with Crippen molar-refractivity contribution < 1.29 is 4.92 Å². The molecule has 106 valence electrons. The number of likely N-dealkylation sites (N-methyl/N-ethyl adjacent to an activating group) is 1. The summed E-state index contributed by atoms with van der Waals surface area (Å²) in [6, 6.07) is 5.01. The molecule has 19 heavy (non-hydrogen) atoms. The summed E-state index contributed by atoms with van der Waals surface area (Å²) in [5, 5.41) is 14.1. The van der Waals surface area contributed by atoms with Crippen molar-refractivity contribution in [3.63, 3.8) is 0 Å². The van der Waals surface area contributed by atoms with Gasteiger partial charge in [0.25, 0.3) is 5.69 Å². The molecule has 0 heterocycles. The Balaban J connectivity index is 2.75. The first kappa shape index (κ1) is 15.2. The Kier molecular flexibility index (Phi) is 5.57. The Morgan fingerprint density at radius 1 is 1.42 bits per heavy atom. The number of nitro groups is 1. The molecular weight excluding hydrogens is 244 g/mol. The van der Waals surface area contributed by atoms with Gasteiger partial charge < -0.3 is 11.1 Å². The van der Waals surface area contributed by atoms with Gasteiger partial charge in [0.1, 0.15) is 5.69 Å². The zero-order valence-electron chi connectivity index (χ0n) is 11.7. The van der Waals surface area contributed by atoms with Crippen molar-refractivity contribution in [2.45, 2.75) is 26.8 Å². The van der Waals surface area contributed by atoms with Gasteiger partial charge >= 0.3 is 0 Å². The lowest BCUT2D eigenvalue weighted by molar-refractivity contribution is -0.383. The SMILES string of the molecule is CCN(CC)C(C)CNc1ccc(N)cc1[N+](=O)[O-]. The summed E-state index contributed by atoms with van der Waals surface area (Å²) in [5.41, 5.74) is 6.50. The summed E-state index contributed by atoms with van der Waals surface area (Å²) < 4.78 is 0. The second kappa shape index (κ2) is 6.94.